The summed E-state index contributed by atoms with van der Waals surface area (Å²) < 4.78 is 13.7. The second kappa shape index (κ2) is 10.6. The van der Waals surface area contributed by atoms with Gasteiger partial charge in [-0.15, -0.1) is 10.2 Å². The molecule has 0 spiro atoms. The fourth-order valence-electron chi connectivity index (χ4n) is 3.09. The van der Waals surface area contributed by atoms with Gasteiger partial charge in [-0.1, -0.05) is 42.1 Å². The van der Waals surface area contributed by atoms with Gasteiger partial charge in [-0.3, -0.25) is 14.7 Å². The van der Waals surface area contributed by atoms with Crippen LogP contribution >= 0.6 is 27.7 Å². The van der Waals surface area contributed by atoms with Gasteiger partial charge in [0.25, 0.3) is 0 Å². The molecular formula is C22H23BrN4O4S. The smallest absolute Gasteiger partial charge is 0.220 e. The highest BCUT2D eigenvalue weighted by atomic mass is 79.9. The second-order valence-electron chi connectivity index (χ2n) is 6.96. The molecule has 0 bridgehead atoms. The number of benzene rings is 2. The zero-order valence-corrected chi connectivity index (χ0v) is 20.4. The Morgan fingerprint density at radius 2 is 2.00 bits per heavy atom. The van der Waals surface area contributed by atoms with Crippen molar-refractivity contribution in [1.29, 1.82) is 0 Å². The van der Waals surface area contributed by atoms with Crippen molar-refractivity contribution in [3.8, 4) is 17.2 Å². The standard InChI is InChI=1S/C22H23BrN4O4S/c1-5-10-31-21-18(23)11-16(12-19(21)30-4)20(13-26(28)29)32-22-25-24-15(3)27(22)17-8-6-14(2)7-9-17/h5-9,11-12,20H,1,10,13H2,2-4H3/t20-/m1/s1. The van der Waals surface area contributed by atoms with Crippen molar-refractivity contribution in [2.75, 3.05) is 20.3 Å². The van der Waals surface area contributed by atoms with Crippen molar-refractivity contribution in [1.82, 2.24) is 14.8 Å². The third kappa shape index (κ3) is 5.49. The SMILES string of the molecule is C=CCOc1c(Br)cc([C@@H](C[N+](=O)[O-])Sc2nnc(C)n2-c2ccc(C)cc2)cc1OC. The van der Waals surface area contributed by atoms with Gasteiger partial charge in [-0.05, 0) is 59.6 Å². The van der Waals surface area contributed by atoms with E-state index in [0.29, 0.717) is 39.1 Å². The predicted molar refractivity (Wildman–Crippen MR) is 128 cm³/mol. The summed E-state index contributed by atoms with van der Waals surface area (Å²) in [7, 11) is 1.53. The van der Waals surface area contributed by atoms with E-state index in [0.717, 1.165) is 11.3 Å². The molecule has 32 heavy (non-hydrogen) atoms. The molecule has 0 amide bonds. The van der Waals surface area contributed by atoms with Crippen LogP contribution in [0.1, 0.15) is 22.2 Å². The number of ether oxygens (including phenoxy) is 2. The highest BCUT2D eigenvalue weighted by Gasteiger charge is 2.26. The van der Waals surface area contributed by atoms with Crippen LogP contribution in [0.4, 0.5) is 0 Å². The molecule has 0 fully saturated rings. The number of hydrogen-bond donors (Lipinski definition) is 0. The first kappa shape index (κ1) is 23.8. The molecular weight excluding hydrogens is 496 g/mol. The molecule has 1 atom stereocenters. The quantitative estimate of drug-likeness (QED) is 0.155. The van der Waals surface area contributed by atoms with Gasteiger partial charge < -0.3 is 9.47 Å². The van der Waals surface area contributed by atoms with Gasteiger partial charge in [0.1, 0.15) is 17.7 Å². The number of rotatable bonds is 10. The third-order valence-electron chi connectivity index (χ3n) is 4.62. The van der Waals surface area contributed by atoms with Gasteiger partial charge in [0.15, 0.2) is 16.7 Å². The summed E-state index contributed by atoms with van der Waals surface area (Å²) in [5.41, 5.74) is 2.74. The minimum Gasteiger partial charge on any atom is -0.493 e. The maximum absolute atomic E-state index is 11.5. The van der Waals surface area contributed by atoms with Crippen molar-refractivity contribution in [2.45, 2.75) is 24.3 Å². The van der Waals surface area contributed by atoms with E-state index in [1.54, 1.807) is 12.1 Å². The van der Waals surface area contributed by atoms with E-state index in [4.69, 9.17) is 9.47 Å². The fraction of sp³-hybridized carbons (Fsp3) is 0.273. The van der Waals surface area contributed by atoms with Gasteiger partial charge in [0, 0.05) is 10.6 Å². The molecule has 0 N–H and O–H groups in total. The molecule has 0 radical (unpaired) electrons. The van der Waals surface area contributed by atoms with Crippen molar-refractivity contribution < 1.29 is 14.4 Å². The Kier molecular flexibility index (Phi) is 7.92. The Bertz CT molecular complexity index is 1120. The summed E-state index contributed by atoms with van der Waals surface area (Å²) in [5, 5.41) is 20.0. The predicted octanol–water partition coefficient (Wildman–Crippen LogP) is 5.33. The van der Waals surface area contributed by atoms with E-state index in [2.05, 4.69) is 32.7 Å². The van der Waals surface area contributed by atoms with Gasteiger partial charge in [-0.25, -0.2) is 0 Å². The Balaban J connectivity index is 2.01. The van der Waals surface area contributed by atoms with E-state index in [1.807, 2.05) is 48.7 Å². The van der Waals surface area contributed by atoms with Gasteiger partial charge in [0.2, 0.25) is 6.54 Å². The Morgan fingerprint density at radius 3 is 2.62 bits per heavy atom. The summed E-state index contributed by atoms with van der Waals surface area (Å²) in [4.78, 5) is 11.2. The molecule has 1 aromatic heterocycles. The Morgan fingerprint density at radius 1 is 1.28 bits per heavy atom. The van der Waals surface area contributed by atoms with Gasteiger partial charge in [-0.2, -0.15) is 0 Å². The number of nitro groups is 1. The van der Waals surface area contributed by atoms with Crippen LogP contribution in [0.25, 0.3) is 5.69 Å². The zero-order chi connectivity index (χ0) is 23.3. The van der Waals surface area contributed by atoms with Crippen molar-refractivity contribution >= 4 is 27.7 Å². The molecule has 10 heteroatoms. The molecule has 2 aromatic carbocycles. The van der Waals surface area contributed by atoms with E-state index in [1.165, 1.54) is 18.9 Å². The molecule has 0 saturated carbocycles. The normalized spacial score (nSPS) is 11.8. The van der Waals surface area contributed by atoms with Crippen LogP contribution in [0, 0.1) is 24.0 Å². The van der Waals surface area contributed by atoms with Gasteiger partial charge in [0.05, 0.1) is 11.6 Å². The van der Waals surface area contributed by atoms with Crippen molar-refractivity contribution in [3.63, 3.8) is 0 Å². The monoisotopic (exact) mass is 518 g/mol. The van der Waals surface area contributed by atoms with Crippen molar-refractivity contribution in [3.05, 3.63) is 80.6 Å². The van der Waals surface area contributed by atoms with Crippen LogP contribution in [-0.4, -0.2) is 39.9 Å². The lowest BCUT2D eigenvalue weighted by atomic mass is 10.1. The molecule has 3 rings (SSSR count). The number of hydrogen-bond acceptors (Lipinski definition) is 7. The number of aromatic nitrogens is 3. The average molecular weight is 519 g/mol. The highest BCUT2D eigenvalue weighted by Crippen LogP contribution is 2.43. The minimum absolute atomic E-state index is 0.299. The molecule has 168 valence electrons. The lowest BCUT2D eigenvalue weighted by Gasteiger charge is -2.18. The summed E-state index contributed by atoms with van der Waals surface area (Å²) in [5.74, 6) is 1.68. The van der Waals surface area contributed by atoms with E-state index in [-0.39, 0.29) is 11.5 Å². The summed E-state index contributed by atoms with van der Waals surface area (Å²) in [6, 6.07) is 11.5. The third-order valence-corrected chi connectivity index (χ3v) is 6.39. The highest BCUT2D eigenvalue weighted by molar-refractivity contribution is 9.10. The molecule has 3 aromatic rings. The molecule has 0 saturated heterocycles. The van der Waals surface area contributed by atoms with E-state index in [9.17, 15) is 10.1 Å². The first-order valence-corrected chi connectivity index (χ1v) is 11.4. The van der Waals surface area contributed by atoms with E-state index >= 15 is 0 Å². The number of thioether (sulfide) groups is 1. The van der Waals surface area contributed by atoms with E-state index < -0.39 is 5.25 Å². The number of nitrogens with zero attached hydrogens (tertiary/aromatic N) is 4. The van der Waals surface area contributed by atoms with Crippen LogP contribution in [0.2, 0.25) is 0 Å². The largest absolute Gasteiger partial charge is 0.493 e. The van der Waals surface area contributed by atoms with Crippen LogP contribution in [0.15, 0.2) is 58.7 Å². The topological polar surface area (TPSA) is 92.3 Å². The average Bonchev–Trinajstić information content (AvgIpc) is 3.12. The second-order valence-corrected chi connectivity index (χ2v) is 8.98. The molecule has 1 heterocycles. The summed E-state index contributed by atoms with van der Waals surface area (Å²) >= 11 is 4.78. The minimum atomic E-state index is -0.531. The fourth-order valence-corrected chi connectivity index (χ4v) is 4.82. The van der Waals surface area contributed by atoms with Gasteiger partial charge >= 0.3 is 0 Å². The van der Waals surface area contributed by atoms with Crippen LogP contribution < -0.4 is 9.47 Å². The van der Waals surface area contributed by atoms with Crippen LogP contribution in [0.5, 0.6) is 11.5 Å². The van der Waals surface area contributed by atoms with Crippen LogP contribution in [-0.2, 0) is 0 Å². The molecule has 0 aliphatic heterocycles. The summed E-state index contributed by atoms with van der Waals surface area (Å²) in [6.45, 7) is 7.52. The number of aryl methyl sites for hydroxylation is 2. The Labute approximate surface area is 198 Å². The molecule has 0 aliphatic rings. The summed E-state index contributed by atoms with van der Waals surface area (Å²) in [6.07, 6.45) is 1.63. The molecule has 0 unspecified atom stereocenters. The molecule has 8 nitrogen and oxygen atoms in total. The first-order valence-electron chi connectivity index (χ1n) is 9.72. The number of halogens is 1. The maximum atomic E-state index is 11.5. The lowest BCUT2D eigenvalue weighted by molar-refractivity contribution is -0.479. The Hall–Kier alpha value is -2.85. The lowest BCUT2D eigenvalue weighted by Crippen LogP contribution is -2.12. The van der Waals surface area contributed by atoms with Crippen molar-refractivity contribution in [2.24, 2.45) is 0 Å². The maximum Gasteiger partial charge on any atom is 0.220 e. The zero-order valence-electron chi connectivity index (χ0n) is 17.9. The number of methoxy groups -OCH3 is 1. The first-order chi connectivity index (χ1) is 15.3. The van der Waals surface area contributed by atoms with Crippen LogP contribution in [0.3, 0.4) is 0 Å². The molecule has 0 aliphatic carbocycles.